The Balaban J connectivity index is 2.41. The van der Waals surface area contributed by atoms with E-state index in [2.05, 4.69) is 4.84 Å². The van der Waals surface area contributed by atoms with E-state index in [1.54, 1.807) is 0 Å². The van der Waals surface area contributed by atoms with Crippen molar-refractivity contribution in [3.63, 3.8) is 0 Å². The van der Waals surface area contributed by atoms with Gasteiger partial charge in [0.1, 0.15) is 5.75 Å². The van der Waals surface area contributed by atoms with Crippen molar-refractivity contribution in [1.29, 1.82) is 0 Å². The maximum Gasteiger partial charge on any atom is 0.308 e. The second kappa shape index (κ2) is 8.50. The zero-order valence-corrected chi connectivity index (χ0v) is 11.4. The quantitative estimate of drug-likeness (QED) is 0.441. The summed E-state index contributed by atoms with van der Waals surface area (Å²) in [5.41, 5.74) is 1.08. The van der Waals surface area contributed by atoms with Crippen LogP contribution in [0, 0.1) is 5.92 Å². The number of carbonyl (C=O) groups excluding carboxylic acids is 1. The number of hydrogen-bond acceptors (Lipinski definition) is 5. The van der Waals surface area contributed by atoms with Crippen molar-refractivity contribution in [2.24, 2.45) is 11.8 Å². The summed E-state index contributed by atoms with van der Waals surface area (Å²) in [4.78, 5) is 15.8. The lowest BCUT2D eigenvalue weighted by molar-refractivity contribution is -0.144. The van der Waals surface area contributed by atoms with Gasteiger partial charge in [0.05, 0.1) is 26.2 Å². The van der Waals surface area contributed by atoms with Crippen molar-refractivity contribution in [3.05, 3.63) is 29.8 Å². The minimum absolute atomic E-state index is 0.140. The van der Waals surface area contributed by atoms with E-state index in [-0.39, 0.29) is 11.9 Å². The summed E-state index contributed by atoms with van der Waals surface area (Å²) in [5.74, 6) is 5.38. The molecule has 0 amide bonds. The average Bonchev–Trinajstić information content (AvgIpc) is 2.44. The molecule has 0 saturated heterocycles. The molecule has 0 aliphatic heterocycles. The summed E-state index contributed by atoms with van der Waals surface area (Å²) in [6.07, 6.45) is 1.41. The lowest BCUT2D eigenvalue weighted by Gasteiger charge is -2.10. The number of methoxy groups -OCH3 is 1. The van der Waals surface area contributed by atoms with Crippen molar-refractivity contribution < 1.29 is 19.1 Å². The van der Waals surface area contributed by atoms with Gasteiger partial charge in [-0.2, -0.15) is 0 Å². The molecule has 0 radical (unpaired) electrons. The van der Waals surface area contributed by atoms with E-state index in [1.807, 2.05) is 31.2 Å². The summed E-state index contributed by atoms with van der Waals surface area (Å²) < 4.78 is 10.2. The van der Waals surface area contributed by atoms with Gasteiger partial charge in [0.25, 0.3) is 0 Å². The lowest BCUT2D eigenvalue weighted by Crippen LogP contribution is -2.15. The Morgan fingerprint density at radius 3 is 2.53 bits per heavy atom. The third-order valence-corrected chi connectivity index (χ3v) is 2.74. The molecular formula is C14H21NO4. The highest BCUT2D eigenvalue weighted by Crippen LogP contribution is 2.15. The highest BCUT2D eigenvalue weighted by molar-refractivity contribution is 5.72. The maximum absolute atomic E-state index is 11.3. The van der Waals surface area contributed by atoms with Gasteiger partial charge in [-0.1, -0.05) is 19.1 Å². The minimum Gasteiger partial charge on any atom is -0.494 e. The van der Waals surface area contributed by atoms with Crippen LogP contribution >= 0.6 is 0 Å². The highest BCUT2D eigenvalue weighted by atomic mass is 16.6. The SMILES string of the molecule is COC(=O)C(C)Cc1ccc(OCCCON)cc1. The van der Waals surface area contributed by atoms with Gasteiger partial charge in [-0.25, -0.2) is 5.90 Å². The largest absolute Gasteiger partial charge is 0.494 e. The van der Waals surface area contributed by atoms with Gasteiger partial charge in [-0.3, -0.25) is 4.79 Å². The molecular weight excluding hydrogens is 246 g/mol. The average molecular weight is 267 g/mol. The molecule has 1 aromatic carbocycles. The first-order valence-electron chi connectivity index (χ1n) is 6.28. The van der Waals surface area contributed by atoms with Crippen LogP contribution < -0.4 is 10.6 Å². The highest BCUT2D eigenvalue weighted by Gasteiger charge is 2.13. The molecule has 1 rings (SSSR count). The molecule has 106 valence electrons. The summed E-state index contributed by atoms with van der Waals surface area (Å²) in [5, 5.41) is 0. The molecule has 0 saturated carbocycles. The predicted molar refractivity (Wildman–Crippen MR) is 71.6 cm³/mol. The molecule has 5 heteroatoms. The molecule has 1 atom stereocenters. The number of hydrogen-bond donors (Lipinski definition) is 1. The van der Waals surface area contributed by atoms with Crippen LogP contribution in [-0.2, 0) is 20.8 Å². The van der Waals surface area contributed by atoms with E-state index in [1.165, 1.54) is 7.11 Å². The van der Waals surface area contributed by atoms with Crippen LogP contribution in [-0.4, -0.2) is 26.3 Å². The van der Waals surface area contributed by atoms with Crippen LogP contribution in [0.3, 0.4) is 0 Å². The third kappa shape index (κ3) is 5.72. The van der Waals surface area contributed by atoms with Crippen LogP contribution in [0.5, 0.6) is 5.75 Å². The molecule has 0 aromatic heterocycles. The monoisotopic (exact) mass is 267 g/mol. The van der Waals surface area contributed by atoms with Crippen LogP contribution in [0.1, 0.15) is 18.9 Å². The maximum atomic E-state index is 11.3. The van der Waals surface area contributed by atoms with Crippen molar-refractivity contribution >= 4 is 5.97 Å². The van der Waals surface area contributed by atoms with Crippen molar-refractivity contribution in [1.82, 2.24) is 0 Å². The number of nitrogens with two attached hydrogens (primary N) is 1. The van der Waals surface area contributed by atoms with Crippen LogP contribution in [0.2, 0.25) is 0 Å². The lowest BCUT2D eigenvalue weighted by atomic mass is 10.0. The molecule has 0 aliphatic carbocycles. The van der Waals surface area contributed by atoms with E-state index in [4.69, 9.17) is 15.4 Å². The standard InChI is InChI=1S/C14H21NO4/c1-11(14(16)17-2)10-12-4-6-13(7-5-12)18-8-3-9-19-15/h4-7,11H,3,8-10,15H2,1-2H3. The fourth-order valence-electron chi connectivity index (χ4n) is 1.69. The summed E-state index contributed by atoms with van der Waals surface area (Å²) >= 11 is 0. The number of ether oxygens (including phenoxy) is 2. The number of esters is 1. The second-order valence-electron chi connectivity index (χ2n) is 4.35. The zero-order valence-electron chi connectivity index (χ0n) is 11.4. The van der Waals surface area contributed by atoms with Crippen LogP contribution in [0.25, 0.3) is 0 Å². The van der Waals surface area contributed by atoms with Gasteiger partial charge < -0.3 is 14.3 Å². The van der Waals surface area contributed by atoms with E-state index in [9.17, 15) is 4.79 Å². The normalized spacial score (nSPS) is 11.9. The molecule has 0 heterocycles. The summed E-state index contributed by atoms with van der Waals surface area (Å²) in [6, 6.07) is 7.69. The van der Waals surface area contributed by atoms with Gasteiger partial charge in [-0.05, 0) is 24.1 Å². The Morgan fingerprint density at radius 2 is 1.95 bits per heavy atom. The van der Waals surface area contributed by atoms with Gasteiger partial charge in [0, 0.05) is 6.42 Å². The molecule has 5 nitrogen and oxygen atoms in total. The predicted octanol–water partition coefficient (Wildman–Crippen LogP) is 1.70. The Bertz CT molecular complexity index is 378. The third-order valence-electron chi connectivity index (χ3n) is 2.74. The Labute approximate surface area is 113 Å². The van der Waals surface area contributed by atoms with Gasteiger partial charge in [0.15, 0.2) is 0 Å². The molecule has 1 aromatic rings. The molecule has 0 fully saturated rings. The van der Waals surface area contributed by atoms with E-state index >= 15 is 0 Å². The first-order valence-corrected chi connectivity index (χ1v) is 6.28. The fourth-order valence-corrected chi connectivity index (χ4v) is 1.69. The molecule has 0 spiro atoms. The minimum atomic E-state index is -0.192. The second-order valence-corrected chi connectivity index (χ2v) is 4.35. The number of carbonyl (C=O) groups is 1. The van der Waals surface area contributed by atoms with E-state index < -0.39 is 0 Å². The number of rotatable bonds is 8. The topological polar surface area (TPSA) is 70.8 Å². The van der Waals surface area contributed by atoms with E-state index in [0.717, 1.165) is 17.7 Å². The van der Waals surface area contributed by atoms with E-state index in [0.29, 0.717) is 19.6 Å². The van der Waals surface area contributed by atoms with Crippen LogP contribution in [0.15, 0.2) is 24.3 Å². The molecule has 19 heavy (non-hydrogen) atoms. The number of benzene rings is 1. The first-order chi connectivity index (χ1) is 9.17. The van der Waals surface area contributed by atoms with Crippen molar-refractivity contribution in [2.45, 2.75) is 19.8 Å². The zero-order chi connectivity index (χ0) is 14.1. The van der Waals surface area contributed by atoms with Gasteiger partial charge in [-0.15, -0.1) is 0 Å². The molecule has 0 aliphatic rings. The summed E-state index contributed by atoms with van der Waals surface area (Å²) in [6.45, 7) is 2.90. The van der Waals surface area contributed by atoms with Crippen molar-refractivity contribution in [3.8, 4) is 5.75 Å². The molecule has 2 N–H and O–H groups in total. The Hall–Kier alpha value is -1.59. The molecule has 1 unspecified atom stereocenters. The summed E-state index contributed by atoms with van der Waals surface area (Å²) in [7, 11) is 1.40. The van der Waals surface area contributed by atoms with Crippen molar-refractivity contribution in [2.75, 3.05) is 20.3 Å². The smallest absolute Gasteiger partial charge is 0.308 e. The Kier molecular flexibility index (Phi) is 6.92. The fraction of sp³-hybridized carbons (Fsp3) is 0.500. The Morgan fingerprint density at radius 1 is 1.26 bits per heavy atom. The molecule has 0 bridgehead atoms. The first kappa shape index (κ1) is 15.5. The van der Waals surface area contributed by atoms with Gasteiger partial charge >= 0.3 is 5.97 Å². The van der Waals surface area contributed by atoms with Gasteiger partial charge in [0.2, 0.25) is 0 Å². The van der Waals surface area contributed by atoms with Crippen LogP contribution in [0.4, 0.5) is 0 Å².